The van der Waals surface area contributed by atoms with Crippen molar-refractivity contribution in [1.82, 2.24) is 5.43 Å². The fourth-order valence-electron chi connectivity index (χ4n) is 1.90. The molecular weight excluding hydrogens is 350 g/mol. The van der Waals surface area contributed by atoms with Crippen LogP contribution in [0.4, 0.5) is 8.78 Å². The van der Waals surface area contributed by atoms with Crippen molar-refractivity contribution in [2.45, 2.75) is 12.5 Å². The largest absolute Gasteiger partial charge is 0.271 e. The lowest BCUT2D eigenvalue weighted by molar-refractivity contribution is 0.543. The monoisotopic (exact) mass is 360 g/mol. The molecule has 0 heterocycles. The molecule has 1 atom stereocenters. The van der Waals surface area contributed by atoms with Crippen molar-refractivity contribution in [3.8, 4) is 0 Å². The molecule has 0 aliphatic heterocycles. The van der Waals surface area contributed by atoms with Crippen LogP contribution in [0.15, 0.2) is 40.9 Å². The van der Waals surface area contributed by atoms with Gasteiger partial charge >= 0.3 is 0 Å². The third kappa shape index (κ3) is 3.55. The Morgan fingerprint density at radius 2 is 1.90 bits per heavy atom. The van der Waals surface area contributed by atoms with Crippen molar-refractivity contribution in [1.29, 1.82) is 0 Å². The molecule has 0 fully saturated rings. The molecule has 2 nitrogen and oxygen atoms in total. The van der Waals surface area contributed by atoms with Gasteiger partial charge in [-0.25, -0.2) is 8.78 Å². The van der Waals surface area contributed by atoms with Crippen LogP contribution in [0.1, 0.15) is 17.2 Å². The number of benzene rings is 2. The van der Waals surface area contributed by atoms with Crippen LogP contribution in [0.2, 0.25) is 5.02 Å². The molecule has 0 saturated heterocycles. The van der Waals surface area contributed by atoms with E-state index in [1.165, 1.54) is 18.2 Å². The SMILES string of the molecule is NNC(Cc1ccc(F)c(Br)c1)c1ccc(Cl)c(F)c1. The Morgan fingerprint density at radius 1 is 1.15 bits per heavy atom. The topological polar surface area (TPSA) is 38.0 Å². The maximum Gasteiger partial charge on any atom is 0.142 e. The van der Waals surface area contributed by atoms with Gasteiger partial charge in [0.15, 0.2) is 0 Å². The van der Waals surface area contributed by atoms with E-state index in [1.807, 2.05) is 0 Å². The molecule has 0 amide bonds. The molecule has 0 aromatic heterocycles. The van der Waals surface area contributed by atoms with Gasteiger partial charge in [-0.3, -0.25) is 11.3 Å². The standard InChI is InChI=1S/C14H12BrClF2N2/c15-10-5-8(1-4-12(10)17)6-14(20-19)9-2-3-11(16)13(18)7-9/h1-5,7,14,20H,6,19H2. The molecule has 0 bridgehead atoms. The second-order valence-corrected chi connectivity index (χ2v) is 5.61. The Bertz CT molecular complexity index is 622. The van der Waals surface area contributed by atoms with E-state index in [1.54, 1.807) is 18.2 Å². The summed E-state index contributed by atoms with van der Waals surface area (Å²) in [4.78, 5) is 0. The van der Waals surface area contributed by atoms with Crippen molar-refractivity contribution in [2.75, 3.05) is 0 Å². The highest BCUT2D eigenvalue weighted by molar-refractivity contribution is 9.10. The van der Waals surface area contributed by atoms with E-state index in [0.717, 1.165) is 5.56 Å². The fraction of sp³-hybridized carbons (Fsp3) is 0.143. The summed E-state index contributed by atoms with van der Waals surface area (Å²) in [5, 5.41) is 0.0639. The minimum Gasteiger partial charge on any atom is -0.271 e. The van der Waals surface area contributed by atoms with Crippen LogP contribution in [0, 0.1) is 11.6 Å². The van der Waals surface area contributed by atoms with Crippen LogP contribution in [0.25, 0.3) is 0 Å². The average molecular weight is 362 g/mol. The maximum atomic E-state index is 13.5. The van der Waals surface area contributed by atoms with E-state index >= 15 is 0 Å². The molecule has 6 heteroatoms. The summed E-state index contributed by atoms with van der Waals surface area (Å²) in [6.07, 6.45) is 0.496. The first-order chi connectivity index (χ1) is 9.51. The summed E-state index contributed by atoms with van der Waals surface area (Å²) in [5.41, 5.74) is 4.18. The second-order valence-electron chi connectivity index (χ2n) is 4.35. The molecule has 2 aromatic rings. The van der Waals surface area contributed by atoms with Gasteiger partial charge in [-0.2, -0.15) is 0 Å². The van der Waals surface area contributed by atoms with Crippen molar-refractivity contribution in [3.05, 3.63) is 68.7 Å². The van der Waals surface area contributed by atoms with Gasteiger partial charge in [-0.15, -0.1) is 0 Å². The molecular formula is C14H12BrClF2N2. The summed E-state index contributed by atoms with van der Waals surface area (Å²) < 4.78 is 27.0. The predicted molar refractivity (Wildman–Crippen MR) is 79.3 cm³/mol. The molecule has 0 aliphatic rings. The summed E-state index contributed by atoms with van der Waals surface area (Å²) in [6.45, 7) is 0. The van der Waals surface area contributed by atoms with Crippen molar-refractivity contribution >= 4 is 27.5 Å². The van der Waals surface area contributed by atoms with Crippen molar-refractivity contribution < 1.29 is 8.78 Å². The zero-order valence-corrected chi connectivity index (χ0v) is 12.7. The van der Waals surface area contributed by atoms with Crippen molar-refractivity contribution in [3.63, 3.8) is 0 Å². The summed E-state index contributed by atoms with van der Waals surface area (Å²) in [6, 6.07) is 8.94. The van der Waals surface area contributed by atoms with Crippen LogP contribution in [-0.2, 0) is 6.42 Å². The molecule has 20 heavy (non-hydrogen) atoms. The molecule has 2 aromatic carbocycles. The minimum absolute atomic E-state index is 0.0639. The summed E-state index contributed by atoms with van der Waals surface area (Å²) >= 11 is 8.78. The number of hydrogen-bond donors (Lipinski definition) is 2. The first kappa shape index (κ1) is 15.4. The normalized spacial score (nSPS) is 12.4. The Morgan fingerprint density at radius 3 is 2.50 bits per heavy atom. The molecule has 0 radical (unpaired) electrons. The number of nitrogens with two attached hydrogens (primary N) is 1. The van der Waals surface area contributed by atoms with E-state index in [4.69, 9.17) is 17.4 Å². The van der Waals surface area contributed by atoms with Crippen LogP contribution >= 0.6 is 27.5 Å². The predicted octanol–water partition coefficient (Wildman–Crippen LogP) is 4.13. The molecule has 0 saturated carbocycles. The van der Waals surface area contributed by atoms with Crippen LogP contribution in [0.5, 0.6) is 0 Å². The van der Waals surface area contributed by atoms with E-state index in [0.29, 0.717) is 16.5 Å². The number of nitrogens with one attached hydrogen (secondary N) is 1. The molecule has 3 N–H and O–H groups in total. The van der Waals surface area contributed by atoms with E-state index in [-0.39, 0.29) is 16.9 Å². The van der Waals surface area contributed by atoms with Crippen LogP contribution < -0.4 is 11.3 Å². The van der Waals surface area contributed by atoms with Gasteiger partial charge in [-0.05, 0) is 57.7 Å². The van der Waals surface area contributed by atoms with Gasteiger partial charge < -0.3 is 0 Å². The number of hydrogen-bond acceptors (Lipinski definition) is 2. The van der Waals surface area contributed by atoms with Gasteiger partial charge in [0.2, 0.25) is 0 Å². The third-order valence-corrected chi connectivity index (χ3v) is 3.89. The third-order valence-electron chi connectivity index (χ3n) is 2.97. The lowest BCUT2D eigenvalue weighted by Gasteiger charge is -2.17. The molecule has 0 spiro atoms. The van der Waals surface area contributed by atoms with Gasteiger partial charge in [0.1, 0.15) is 11.6 Å². The minimum atomic E-state index is -0.496. The van der Waals surface area contributed by atoms with Gasteiger partial charge in [0.05, 0.1) is 15.5 Å². The first-order valence-corrected chi connectivity index (χ1v) is 7.03. The van der Waals surface area contributed by atoms with E-state index in [9.17, 15) is 8.78 Å². The van der Waals surface area contributed by atoms with Crippen LogP contribution in [-0.4, -0.2) is 0 Å². The zero-order valence-electron chi connectivity index (χ0n) is 10.3. The van der Waals surface area contributed by atoms with Crippen LogP contribution in [0.3, 0.4) is 0 Å². The number of rotatable bonds is 4. The van der Waals surface area contributed by atoms with Gasteiger partial charge in [0, 0.05) is 0 Å². The second kappa shape index (κ2) is 6.63. The zero-order chi connectivity index (χ0) is 14.7. The first-order valence-electron chi connectivity index (χ1n) is 5.86. The van der Waals surface area contributed by atoms with Gasteiger partial charge in [-0.1, -0.05) is 23.7 Å². The van der Waals surface area contributed by atoms with E-state index in [2.05, 4.69) is 21.4 Å². The Kier molecular flexibility index (Phi) is 5.10. The maximum absolute atomic E-state index is 13.5. The number of hydrazine groups is 1. The van der Waals surface area contributed by atoms with E-state index < -0.39 is 5.82 Å². The Balaban J connectivity index is 2.23. The molecule has 1 unspecified atom stereocenters. The molecule has 106 valence electrons. The fourth-order valence-corrected chi connectivity index (χ4v) is 2.45. The lowest BCUT2D eigenvalue weighted by atomic mass is 9.99. The average Bonchev–Trinajstić information content (AvgIpc) is 2.43. The lowest BCUT2D eigenvalue weighted by Crippen LogP contribution is -2.29. The molecule has 0 aliphatic carbocycles. The number of halogens is 4. The summed E-state index contributed by atoms with van der Waals surface area (Å²) in [5.74, 6) is 4.69. The highest BCUT2D eigenvalue weighted by atomic mass is 79.9. The Hall–Kier alpha value is -1.01. The smallest absolute Gasteiger partial charge is 0.142 e. The van der Waals surface area contributed by atoms with Crippen molar-refractivity contribution in [2.24, 2.45) is 5.84 Å². The highest BCUT2D eigenvalue weighted by Gasteiger charge is 2.13. The Labute approximate surface area is 129 Å². The van der Waals surface area contributed by atoms with Gasteiger partial charge in [0.25, 0.3) is 0 Å². The molecule has 2 rings (SSSR count). The quantitative estimate of drug-likeness (QED) is 0.635. The highest BCUT2D eigenvalue weighted by Crippen LogP contribution is 2.24. The summed E-state index contributed by atoms with van der Waals surface area (Å²) in [7, 11) is 0.